The molecular weight excluding hydrogens is 280 g/mol. The number of rotatable bonds is 6. The molecule has 0 fully saturated rings. The molecular formula is C14H18O5S. The lowest BCUT2D eigenvalue weighted by Crippen LogP contribution is -2.16. The molecule has 1 aromatic rings. The lowest BCUT2D eigenvalue weighted by molar-refractivity contribution is -0.143. The summed E-state index contributed by atoms with van der Waals surface area (Å²) >= 11 is 1.04. The van der Waals surface area contributed by atoms with Crippen molar-refractivity contribution in [3.63, 3.8) is 0 Å². The number of benzene rings is 1. The van der Waals surface area contributed by atoms with Crippen LogP contribution in [0.1, 0.15) is 17.3 Å². The molecule has 0 aromatic heterocycles. The van der Waals surface area contributed by atoms with E-state index >= 15 is 0 Å². The second kappa shape index (κ2) is 7.79. The van der Waals surface area contributed by atoms with Crippen LogP contribution < -0.4 is 9.47 Å². The zero-order chi connectivity index (χ0) is 15.1. The van der Waals surface area contributed by atoms with Gasteiger partial charge in [-0.2, -0.15) is 0 Å². The molecule has 0 bridgehead atoms. The first-order chi connectivity index (χ1) is 9.54. The summed E-state index contributed by atoms with van der Waals surface area (Å²) in [5.74, 6) is 0.555. The maximum atomic E-state index is 12.3. The molecule has 5 nitrogen and oxygen atoms in total. The molecule has 20 heavy (non-hydrogen) atoms. The van der Waals surface area contributed by atoms with E-state index in [4.69, 9.17) is 9.47 Å². The molecule has 0 saturated heterocycles. The molecule has 110 valence electrons. The summed E-state index contributed by atoms with van der Waals surface area (Å²) in [5, 5.41) is -0.199. The van der Waals surface area contributed by atoms with Gasteiger partial charge in [-0.1, -0.05) is 24.8 Å². The van der Waals surface area contributed by atoms with Gasteiger partial charge < -0.3 is 14.2 Å². The van der Waals surface area contributed by atoms with E-state index in [-0.39, 0.29) is 17.0 Å². The molecule has 0 aliphatic rings. The van der Waals surface area contributed by atoms with Crippen molar-refractivity contribution < 1.29 is 23.8 Å². The van der Waals surface area contributed by atoms with E-state index in [0.29, 0.717) is 22.8 Å². The Morgan fingerprint density at radius 1 is 1.15 bits per heavy atom. The second-order valence-corrected chi connectivity index (χ2v) is 5.05. The predicted octanol–water partition coefficient (Wildman–Crippen LogP) is 2.39. The van der Waals surface area contributed by atoms with Crippen molar-refractivity contribution in [2.24, 2.45) is 5.92 Å². The van der Waals surface area contributed by atoms with Crippen LogP contribution in [0.2, 0.25) is 0 Å². The monoisotopic (exact) mass is 298 g/mol. The third kappa shape index (κ3) is 3.90. The van der Waals surface area contributed by atoms with E-state index in [0.717, 1.165) is 11.8 Å². The minimum atomic E-state index is -0.352. The molecule has 0 unspecified atom stereocenters. The van der Waals surface area contributed by atoms with Gasteiger partial charge in [0, 0.05) is 5.75 Å². The summed E-state index contributed by atoms with van der Waals surface area (Å²) in [4.78, 5) is 23.6. The molecule has 0 amide bonds. The fraction of sp³-hybridized carbons (Fsp3) is 0.429. The van der Waals surface area contributed by atoms with Gasteiger partial charge in [0.1, 0.15) is 17.1 Å². The standard InChI is InChI=1S/C14H18O5S/c1-9(13(15)19-4)8-20-14(16)12-10(17-2)6-5-7-11(12)18-3/h5-7,9H,8H2,1-4H3/t9-/m0/s1. The lowest BCUT2D eigenvalue weighted by atomic mass is 10.2. The molecule has 0 aliphatic heterocycles. The van der Waals surface area contributed by atoms with Gasteiger partial charge in [0.15, 0.2) is 0 Å². The van der Waals surface area contributed by atoms with Crippen LogP contribution in [0.3, 0.4) is 0 Å². The van der Waals surface area contributed by atoms with Gasteiger partial charge in [-0.3, -0.25) is 9.59 Å². The largest absolute Gasteiger partial charge is 0.496 e. The van der Waals surface area contributed by atoms with Gasteiger partial charge in [-0.25, -0.2) is 0 Å². The van der Waals surface area contributed by atoms with Gasteiger partial charge in [0.25, 0.3) is 0 Å². The quantitative estimate of drug-likeness (QED) is 0.751. The fourth-order valence-electron chi connectivity index (χ4n) is 1.59. The molecule has 0 radical (unpaired) electrons. The first kappa shape index (κ1) is 16.4. The number of carbonyl (C=O) groups is 2. The Kier molecular flexibility index (Phi) is 6.38. The Morgan fingerprint density at radius 3 is 2.15 bits per heavy atom. The molecule has 0 aliphatic carbocycles. The summed E-state index contributed by atoms with van der Waals surface area (Å²) in [6.45, 7) is 1.71. The van der Waals surface area contributed by atoms with Crippen molar-refractivity contribution in [1.82, 2.24) is 0 Å². The van der Waals surface area contributed by atoms with Gasteiger partial charge in [-0.05, 0) is 12.1 Å². The highest BCUT2D eigenvalue weighted by Crippen LogP contribution is 2.32. The summed E-state index contributed by atoms with van der Waals surface area (Å²) in [6.07, 6.45) is 0. The summed E-state index contributed by atoms with van der Waals surface area (Å²) < 4.78 is 15.0. The minimum Gasteiger partial charge on any atom is -0.496 e. The number of esters is 1. The summed E-state index contributed by atoms with van der Waals surface area (Å²) in [5.41, 5.74) is 0.375. The predicted molar refractivity (Wildman–Crippen MR) is 77.5 cm³/mol. The van der Waals surface area contributed by atoms with Crippen molar-refractivity contribution in [3.05, 3.63) is 23.8 Å². The average molecular weight is 298 g/mol. The van der Waals surface area contributed by atoms with E-state index in [1.165, 1.54) is 21.3 Å². The van der Waals surface area contributed by atoms with Crippen molar-refractivity contribution in [1.29, 1.82) is 0 Å². The summed E-state index contributed by atoms with van der Waals surface area (Å²) in [6, 6.07) is 5.14. The van der Waals surface area contributed by atoms with E-state index in [1.54, 1.807) is 25.1 Å². The third-order valence-electron chi connectivity index (χ3n) is 2.70. The Labute approximate surface area is 122 Å². The minimum absolute atomic E-state index is 0.199. The number of hydrogen-bond donors (Lipinski definition) is 0. The first-order valence-electron chi connectivity index (χ1n) is 6.01. The molecule has 0 heterocycles. The van der Waals surface area contributed by atoms with E-state index < -0.39 is 0 Å². The highest BCUT2D eigenvalue weighted by Gasteiger charge is 2.21. The van der Waals surface area contributed by atoms with Crippen LogP contribution in [0.4, 0.5) is 0 Å². The van der Waals surface area contributed by atoms with Crippen LogP contribution >= 0.6 is 11.8 Å². The van der Waals surface area contributed by atoms with Crippen molar-refractivity contribution >= 4 is 22.8 Å². The van der Waals surface area contributed by atoms with Gasteiger partial charge >= 0.3 is 5.97 Å². The zero-order valence-corrected chi connectivity index (χ0v) is 12.8. The number of thioether (sulfide) groups is 1. The average Bonchev–Trinajstić information content (AvgIpc) is 2.50. The highest BCUT2D eigenvalue weighted by molar-refractivity contribution is 8.14. The maximum Gasteiger partial charge on any atom is 0.309 e. The van der Waals surface area contributed by atoms with Crippen molar-refractivity contribution in [2.45, 2.75) is 6.92 Å². The SMILES string of the molecule is COC(=O)[C@@H](C)CSC(=O)c1c(OC)cccc1OC. The topological polar surface area (TPSA) is 61.8 Å². The van der Waals surface area contributed by atoms with Gasteiger partial charge in [-0.15, -0.1) is 0 Å². The molecule has 0 saturated carbocycles. The summed E-state index contributed by atoms with van der Waals surface area (Å²) in [7, 11) is 4.31. The number of hydrogen-bond acceptors (Lipinski definition) is 6. The van der Waals surface area contributed by atoms with Crippen LogP contribution in [0, 0.1) is 5.92 Å². The molecule has 6 heteroatoms. The van der Waals surface area contributed by atoms with Crippen LogP contribution in [0.15, 0.2) is 18.2 Å². The smallest absolute Gasteiger partial charge is 0.309 e. The van der Waals surface area contributed by atoms with Crippen LogP contribution in [-0.2, 0) is 9.53 Å². The Balaban J connectivity index is 2.84. The number of carbonyl (C=O) groups excluding carboxylic acids is 2. The van der Waals surface area contributed by atoms with Gasteiger partial charge in [0.05, 0.1) is 27.2 Å². The van der Waals surface area contributed by atoms with Crippen molar-refractivity contribution in [3.8, 4) is 11.5 Å². The molecule has 1 atom stereocenters. The maximum absolute atomic E-state index is 12.3. The Morgan fingerprint density at radius 2 is 1.70 bits per heavy atom. The number of methoxy groups -OCH3 is 3. The van der Waals surface area contributed by atoms with E-state index in [2.05, 4.69) is 4.74 Å². The zero-order valence-electron chi connectivity index (χ0n) is 12.0. The number of ether oxygens (including phenoxy) is 3. The molecule has 1 aromatic carbocycles. The third-order valence-corrected chi connectivity index (χ3v) is 3.83. The van der Waals surface area contributed by atoms with E-state index in [1.807, 2.05) is 0 Å². The normalized spacial score (nSPS) is 11.6. The first-order valence-corrected chi connectivity index (χ1v) is 6.99. The molecule has 0 N–H and O–H groups in total. The highest BCUT2D eigenvalue weighted by atomic mass is 32.2. The second-order valence-electron chi connectivity index (χ2n) is 4.06. The van der Waals surface area contributed by atoms with Crippen LogP contribution in [-0.4, -0.2) is 38.2 Å². The molecule has 1 rings (SSSR count). The van der Waals surface area contributed by atoms with Crippen molar-refractivity contribution in [2.75, 3.05) is 27.1 Å². The van der Waals surface area contributed by atoms with E-state index in [9.17, 15) is 9.59 Å². The van der Waals surface area contributed by atoms with Crippen LogP contribution in [0.5, 0.6) is 11.5 Å². The Bertz CT molecular complexity index is 464. The molecule has 0 spiro atoms. The fourth-order valence-corrected chi connectivity index (χ4v) is 2.48. The van der Waals surface area contributed by atoms with Gasteiger partial charge in [0.2, 0.25) is 5.12 Å². The Hall–Kier alpha value is -1.69. The van der Waals surface area contributed by atoms with Crippen LogP contribution in [0.25, 0.3) is 0 Å². The lowest BCUT2D eigenvalue weighted by Gasteiger charge is -2.12.